The van der Waals surface area contributed by atoms with E-state index in [1.807, 2.05) is 26.0 Å². The summed E-state index contributed by atoms with van der Waals surface area (Å²) >= 11 is 0. The minimum atomic E-state index is -0.371. The second kappa shape index (κ2) is 4.30. The first-order valence-corrected chi connectivity index (χ1v) is 4.92. The molecule has 0 radical (unpaired) electrons. The Kier molecular flexibility index (Phi) is 3.33. The fourth-order valence-corrected chi connectivity index (χ4v) is 1.03. The van der Waals surface area contributed by atoms with Crippen molar-refractivity contribution >= 4 is 0 Å². The summed E-state index contributed by atoms with van der Waals surface area (Å²) < 4.78 is 0. The lowest BCUT2D eigenvalue weighted by Crippen LogP contribution is -2.32. The lowest BCUT2D eigenvalue weighted by Gasteiger charge is -2.13. The van der Waals surface area contributed by atoms with Gasteiger partial charge < -0.3 is 5.73 Å². The highest BCUT2D eigenvalue weighted by Gasteiger charge is 2.09. The van der Waals surface area contributed by atoms with Gasteiger partial charge in [0.15, 0.2) is 0 Å². The van der Waals surface area contributed by atoms with Gasteiger partial charge in [0.1, 0.15) is 0 Å². The number of hydrogen-bond donors (Lipinski definition) is 1. The van der Waals surface area contributed by atoms with Gasteiger partial charge in [0.05, 0.1) is 5.54 Å². The minimum Gasteiger partial charge on any atom is -0.315 e. The molecule has 1 rings (SSSR count). The first kappa shape index (κ1) is 10.8. The molecule has 0 bridgehead atoms. The molecule has 0 saturated carbocycles. The second-order valence-corrected chi connectivity index (χ2v) is 3.89. The smallest absolute Gasteiger partial charge is 0.0748 e. The maximum Gasteiger partial charge on any atom is 0.0748 e. The molecule has 2 N–H and O–H groups in total. The molecule has 0 spiro atoms. The summed E-state index contributed by atoms with van der Waals surface area (Å²) in [5.41, 5.74) is 7.82. The van der Waals surface area contributed by atoms with E-state index in [0.717, 1.165) is 12.0 Å². The zero-order chi connectivity index (χ0) is 10.6. The van der Waals surface area contributed by atoms with E-state index in [0.29, 0.717) is 0 Å². The number of nitrogens with two attached hydrogens (primary N) is 1. The van der Waals surface area contributed by atoms with E-state index in [9.17, 15) is 0 Å². The minimum absolute atomic E-state index is 0.371. The molecule has 0 aliphatic heterocycles. The van der Waals surface area contributed by atoms with Crippen molar-refractivity contribution in [1.82, 2.24) is 0 Å². The maximum absolute atomic E-state index is 5.93. The molecule has 1 nitrogen and oxygen atoms in total. The van der Waals surface area contributed by atoms with Gasteiger partial charge in [-0.2, -0.15) is 0 Å². The molecule has 0 fully saturated rings. The van der Waals surface area contributed by atoms with Gasteiger partial charge in [-0.05, 0) is 38.0 Å². The molecule has 0 amide bonds. The molecule has 1 aromatic rings. The van der Waals surface area contributed by atoms with Crippen LogP contribution < -0.4 is 5.73 Å². The predicted molar refractivity (Wildman–Crippen MR) is 60.9 cm³/mol. The second-order valence-electron chi connectivity index (χ2n) is 3.89. The van der Waals surface area contributed by atoms with E-state index in [-0.39, 0.29) is 5.54 Å². The third-order valence-electron chi connectivity index (χ3n) is 2.24. The lowest BCUT2D eigenvalue weighted by atomic mass is 10.0. The number of hydrogen-bond acceptors (Lipinski definition) is 1. The Balaban J connectivity index is 2.88. The molecule has 1 aromatic carbocycles. The number of rotatable bonds is 1. The third-order valence-corrected chi connectivity index (χ3v) is 2.24. The Hall–Kier alpha value is -1.26. The first-order valence-electron chi connectivity index (χ1n) is 4.92. The fourth-order valence-electron chi connectivity index (χ4n) is 1.03. The highest BCUT2D eigenvalue weighted by Crippen LogP contribution is 2.05. The van der Waals surface area contributed by atoms with E-state index in [2.05, 4.69) is 30.9 Å². The Morgan fingerprint density at radius 3 is 2.71 bits per heavy atom. The average molecular weight is 187 g/mol. The van der Waals surface area contributed by atoms with Crippen LogP contribution in [-0.2, 0) is 0 Å². The zero-order valence-electron chi connectivity index (χ0n) is 9.09. The van der Waals surface area contributed by atoms with E-state index in [1.54, 1.807) is 0 Å². The van der Waals surface area contributed by atoms with Crippen LogP contribution in [0.5, 0.6) is 0 Å². The first-order chi connectivity index (χ1) is 6.53. The Bertz CT molecular complexity index is 366. The quantitative estimate of drug-likeness (QED) is 0.671. The predicted octanol–water partition coefficient (Wildman–Crippen LogP) is 2.47. The average Bonchev–Trinajstić information content (AvgIpc) is 2.15. The van der Waals surface area contributed by atoms with Gasteiger partial charge in [-0.1, -0.05) is 30.9 Å². The van der Waals surface area contributed by atoms with E-state index >= 15 is 0 Å². The summed E-state index contributed by atoms with van der Waals surface area (Å²) in [6.45, 7) is 6.06. The molecular weight excluding hydrogens is 170 g/mol. The van der Waals surface area contributed by atoms with Crippen LogP contribution >= 0.6 is 0 Å². The van der Waals surface area contributed by atoms with Crippen LogP contribution in [0.4, 0.5) is 0 Å². The fraction of sp³-hybridized carbons (Fsp3) is 0.385. The van der Waals surface area contributed by atoms with Crippen molar-refractivity contribution in [2.24, 2.45) is 5.73 Å². The normalized spacial score (nSPS) is 14.0. The topological polar surface area (TPSA) is 26.0 Å². The summed E-state index contributed by atoms with van der Waals surface area (Å²) in [5.74, 6) is 6.18. The summed E-state index contributed by atoms with van der Waals surface area (Å²) in [6, 6.07) is 8.15. The van der Waals surface area contributed by atoms with Gasteiger partial charge >= 0.3 is 0 Å². The summed E-state index contributed by atoms with van der Waals surface area (Å²) in [6.07, 6.45) is 0.867. The lowest BCUT2D eigenvalue weighted by molar-refractivity contribution is 0.586. The zero-order valence-corrected chi connectivity index (χ0v) is 9.09. The van der Waals surface area contributed by atoms with Gasteiger partial charge in [0.2, 0.25) is 0 Å². The molecule has 1 atom stereocenters. The van der Waals surface area contributed by atoms with Crippen LogP contribution in [0.2, 0.25) is 0 Å². The molecule has 0 aromatic heterocycles. The van der Waals surface area contributed by atoms with Crippen molar-refractivity contribution in [2.75, 3.05) is 0 Å². The van der Waals surface area contributed by atoms with Crippen molar-refractivity contribution in [1.29, 1.82) is 0 Å². The monoisotopic (exact) mass is 187 g/mol. The highest BCUT2D eigenvalue weighted by molar-refractivity contribution is 5.38. The van der Waals surface area contributed by atoms with Gasteiger partial charge in [-0.25, -0.2) is 0 Å². The van der Waals surface area contributed by atoms with Crippen molar-refractivity contribution in [3.8, 4) is 11.8 Å². The maximum atomic E-state index is 5.93. The van der Waals surface area contributed by atoms with Crippen LogP contribution in [0.25, 0.3) is 0 Å². The van der Waals surface area contributed by atoms with Crippen LogP contribution in [0.3, 0.4) is 0 Å². The van der Waals surface area contributed by atoms with Gasteiger partial charge in [-0.15, -0.1) is 0 Å². The molecule has 0 aliphatic carbocycles. The molecule has 1 heteroatoms. The van der Waals surface area contributed by atoms with Crippen molar-refractivity contribution < 1.29 is 0 Å². The van der Waals surface area contributed by atoms with Crippen molar-refractivity contribution in [2.45, 2.75) is 32.7 Å². The largest absolute Gasteiger partial charge is 0.315 e. The Morgan fingerprint density at radius 2 is 2.14 bits per heavy atom. The molecule has 0 heterocycles. The molecule has 14 heavy (non-hydrogen) atoms. The van der Waals surface area contributed by atoms with Crippen LogP contribution in [0.1, 0.15) is 31.4 Å². The molecule has 0 saturated heterocycles. The molecule has 1 unspecified atom stereocenters. The van der Waals surface area contributed by atoms with Crippen molar-refractivity contribution in [3.05, 3.63) is 35.4 Å². The Morgan fingerprint density at radius 1 is 1.43 bits per heavy atom. The van der Waals surface area contributed by atoms with Crippen molar-refractivity contribution in [3.63, 3.8) is 0 Å². The summed E-state index contributed by atoms with van der Waals surface area (Å²) in [5, 5.41) is 0. The van der Waals surface area contributed by atoms with Crippen LogP contribution in [0, 0.1) is 18.8 Å². The Labute approximate surface area is 86.3 Å². The van der Waals surface area contributed by atoms with Gasteiger partial charge in [-0.3, -0.25) is 0 Å². The third kappa shape index (κ3) is 3.24. The summed E-state index contributed by atoms with van der Waals surface area (Å²) in [7, 11) is 0. The van der Waals surface area contributed by atoms with E-state index in [4.69, 9.17) is 5.73 Å². The number of benzene rings is 1. The SMILES string of the molecule is CCC(C)(N)C#Cc1cccc(C)c1. The van der Waals surface area contributed by atoms with Crippen LogP contribution in [0.15, 0.2) is 24.3 Å². The van der Waals surface area contributed by atoms with Gasteiger partial charge in [0.25, 0.3) is 0 Å². The molecule has 0 aliphatic rings. The summed E-state index contributed by atoms with van der Waals surface area (Å²) in [4.78, 5) is 0. The standard InChI is InChI=1S/C13H17N/c1-4-13(3,14)9-8-12-7-5-6-11(2)10-12/h5-7,10H,4,14H2,1-3H3. The van der Waals surface area contributed by atoms with E-state index in [1.165, 1.54) is 5.56 Å². The molecule has 74 valence electrons. The molecular formula is C13H17N. The number of aryl methyl sites for hydroxylation is 1. The van der Waals surface area contributed by atoms with Gasteiger partial charge in [0, 0.05) is 5.56 Å². The van der Waals surface area contributed by atoms with Crippen LogP contribution in [-0.4, -0.2) is 5.54 Å². The highest BCUT2D eigenvalue weighted by atomic mass is 14.7. The van der Waals surface area contributed by atoms with E-state index < -0.39 is 0 Å².